The zero-order valence-electron chi connectivity index (χ0n) is 7.05. The molecule has 1 aliphatic carbocycles. The van der Waals surface area contributed by atoms with Gasteiger partial charge in [0, 0.05) is 5.92 Å². The highest BCUT2D eigenvalue weighted by molar-refractivity contribution is 5.92. The number of carbonyl (C=O) groups excluding carboxylic acids is 2. The minimum Gasteiger partial charge on any atom is -0.369 e. The zero-order chi connectivity index (χ0) is 8.59. The zero-order valence-corrected chi connectivity index (χ0v) is 6.05. The van der Waals surface area contributed by atoms with Crippen molar-refractivity contribution in [3.8, 4) is 0 Å². The van der Waals surface area contributed by atoms with Crippen molar-refractivity contribution in [1.82, 2.24) is 0 Å². The Morgan fingerprint density at radius 2 is 2.10 bits per heavy atom. The summed E-state index contributed by atoms with van der Waals surface area (Å²) >= 11 is 0. The fourth-order valence-electron chi connectivity index (χ4n) is 1.49. The molecule has 3 heteroatoms. The Bertz CT molecular complexity index is 205. The number of amides is 1. The lowest BCUT2D eigenvalue weighted by Crippen LogP contribution is -2.15. The summed E-state index contributed by atoms with van der Waals surface area (Å²) < 4.78 is 6.59. The molecular weight excluding hydrogens is 130 g/mol. The van der Waals surface area contributed by atoms with Gasteiger partial charge in [-0.05, 0) is 12.8 Å². The third-order valence-electron chi connectivity index (χ3n) is 2.15. The summed E-state index contributed by atoms with van der Waals surface area (Å²) in [5.41, 5.74) is 1.80. The molecule has 2 N–H and O–H groups in total. The van der Waals surface area contributed by atoms with Crippen LogP contribution < -0.4 is 5.73 Å². The molecule has 1 fully saturated rings. The highest BCUT2D eigenvalue weighted by Crippen LogP contribution is 2.45. The maximum Gasteiger partial charge on any atom is 0.221 e. The second kappa shape index (κ2) is 2.08. The van der Waals surface area contributed by atoms with Gasteiger partial charge in [0.15, 0.2) is 1.41 Å². The van der Waals surface area contributed by atoms with E-state index in [1.807, 2.05) is 6.92 Å². The molecule has 3 nitrogen and oxygen atoms in total. The standard InChI is InChI=1S/C7H11NO2/c1-3-5(4(2)9)6(3)7(8)10/h3,5-6H,1-2H3,(H2,8,10)/t3-,5+,6+/m1/s1/i/hD. The average Bonchev–Trinajstić information content (AvgIpc) is 2.60. The largest absolute Gasteiger partial charge is 0.369 e. The Hall–Kier alpha value is -0.860. The van der Waals surface area contributed by atoms with E-state index < -0.39 is 0 Å². The molecule has 0 aromatic carbocycles. The van der Waals surface area contributed by atoms with Crippen molar-refractivity contribution in [3.63, 3.8) is 0 Å². The maximum atomic E-state index is 10.8. The Labute approximate surface area is 61.0 Å². The summed E-state index contributed by atoms with van der Waals surface area (Å²) in [6, 6.07) is 0. The normalized spacial score (nSPS) is 38.2. The SMILES string of the molecule is [2H]NC(=O)[C@H]1[C@H](C)[C@H]1C(C)=O. The second-order valence-corrected chi connectivity index (χ2v) is 2.89. The van der Waals surface area contributed by atoms with Gasteiger partial charge in [-0.15, -0.1) is 0 Å². The number of rotatable bonds is 2. The maximum absolute atomic E-state index is 10.8. The van der Waals surface area contributed by atoms with Crippen LogP contribution in [0.2, 0.25) is 1.41 Å². The van der Waals surface area contributed by atoms with Crippen LogP contribution in [0.1, 0.15) is 13.8 Å². The van der Waals surface area contributed by atoms with Gasteiger partial charge in [0.25, 0.3) is 0 Å². The number of Topliss-reactive ketones (excluding diaryl/α,β-unsaturated/α-hetero) is 1. The summed E-state index contributed by atoms with van der Waals surface area (Å²) in [5, 5.41) is 0. The minimum atomic E-state index is -0.335. The number of carbonyl (C=O) groups is 2. The molecule has 1 saturated carbocycles. The summed E-state index contributed by atoms with van der Waals surface area (Å²) in [7, 11) is 0. The van der Waals surface area contributed by atoms with Gasteiger partial charge in [0.05, 0.1) is 5.92 Å². The second-order valence-electron chi connectivity index (χ2n) is 2.89. The van der Waals surface area contributed by atoms with Gasteiger partial charge >= 0.3 is 0 Å². The number of nitrogens with two attached hydrogens (primary N) is 1. The van der Waals surface area contributed by atoms with Crippen LogP contribution in [0.25, 0.3) is 0 Å². The molecule has 56 valence electrons. The van der Waals surface area contributed by atoms with Crippen molar-refractivity contribution in [2.24, 2.45) is 23.5 Å². The molecular formula is C7H11NO2. The van der Waals surface area contributed by atoms with E-state index in [0.717, 1.165) is 0 Å². The van der Waals surface area contributed by atoms with E-state index in [1.165, 1.54) is 6.92 Å². The fraction of sp³-hybridized carbons (Fsp3) is 0.714. The number of primary amides is 1. The number of hydrogen-bond donors (Lipinski definition) is 1. The molecule has 0 bridgehead atoms. The smallest absolute Gasteiger partial charge is 0.221 e. The van der Waals surface area contributed by atoms with Crippen LogP contribution in [0.15, 0.2) is 0 Å². The van der Waals surface area contributed by atoms with Gasteiger partial charge in [-0.1, -0.05) is 6.92 Å². The summed E-state index contributed by atoms with van der Waals surface area (Å²) in [6.45, 7) is 3.34. The molecule has 3 atom stereocenters. The van der Waals surface area contributed by atoms with Crippen LogP contribution in [0, 0.1) is 17.8 Å². The molecule has 1 aliphatic rings. The first-order chi connectivity index (χ1) is 5.09. The van der Waals surface area contributed by atoms with E-state index >= 15 is 0 Å². The third-order valence-corrected chi connectivity index (χ3v) is 2.15. The van der Waals surface area contributed by atoms with Crippen molar-refractivity contribution < 1.29 is 11.0 Å². The van der Waals surface area contributed by atoms with Crippen LogP contribution in [-0.2, 0) is 9.59 Å². The van der Waals surface area contributed by atoms with Gasteiger partial charge < -0.3 is 5.73 Å². The minimum absolute atomic E-state index is 0.0473. The van der Waals surface area contributed by atoms with E-state index in [9.17, 15) is 9.59 Å². The highest BCUT2D eigenvalue weighted by atomic mass is 16.2. The van der Waals surface area contributed by atoms with Crippen molar-refractivity contribution in [1.29, 1.82) is 0 Å². The lowest BCUT2D eigenvalue weighted by atomic mass is 10.2. The molecule has 1 amide bonds. The van der Waals surface area contributed by atoms with Crippen LogP contribution in [-0.4, -0.2) is 11.7 Å². The predicted octanol–water partition coefficient (Wildman–Crippen LogP) is -0.0572. The first-order valence-electron chi connectivity index (χ1n) is 3.81. The van der Waals surface area contributed by atoms with Crippen molar-refractivity contribution in [2.45, 2.75) is 13.8 Å². The van der Waals surface area contributed by atoms with Gasteiger partial charge in [-0.2, -0.15) is 0 Å². The van der Waals surface area contributed by atoms with E-state index in [-0.39, 0.29) is 29.4 Å². The lowest BCUT2D eigenvalue weighted by molar-refractivity contribution is -0.123. The summed E-state index contributed by atoms with van der Waals surface area (Å²) in [4.78, 5) is 21.7. The molecule has 0 saturated heterocycles. The van der Waals surface area contributed by atoms with Crippen LogP contribution in [0.4, 0.5) is 0 Å². The quantitative estimate of drug-likeness (QED) is 0.587. The molecule has 0 aromatic heterocycles. The van der Waals surface area contributed by atoms with Crippen LogP contribution in [0.5, 0.6) is 0 Å². The first-order valence-corrected chi connectivity index (χ1v) is 3.31. The monoisotopic (exact) mass is 142 g/mol. The summed E-state index contributed by atoms with van der Waals surface area (Å²) in [5.74, 6) is -0.549. The van der Waals surface area contributed by atoms with Crippen LogP contribution >= 0.6 is 0 Å². The van der Waals surface area contributed by atoms with Gasteiger partial charge in [0.1, 0.15) is 5.78 Å². The molecule has 0 aromatic rings. The highest BCUT2D eigenvalue weighted by Gasteiger charge is 2.53. The van der Waals surface area contributed by atoms with E-state index in [4.69, 9.17) is 1.41 Å². The molecule has 1 rings (SSSR count). The Kier molecular flexibility index (Phi) is 1.22. The Morgan fingerprint density at radius 3 is 2.40 bits per heavy atom. The molecule has 0 radical (unpaired) electrons. The molecule has 0 spiro atoms. The topological polar surface area (TPSA) is 60.2 Å². The number of ketones is 1. The molecule has 0 aliphatic heterocycles. The van der Waals surface area contributed by atoms with Crippen molar-refractivity contribution in [2.75, 3.05) is 0 Å². The third kappa shape index (κ3) is 0.916. The lowest BCUT2D eigenvalue weighted by Gasteiger charge is -1.86. The summed E-state index contributed by atoms with van der Waals surface area (Å²) in [6.07, 6.45) is 0. The molecule has 0 unspecified atom stereocenters. The van der Waals surface area contributed by atoms with E-state index in [1.54, 1.807) is 5.73 Å². The van der Waals surface area contributed by atoms with Crippen molar-refractivity contribution >= 4 is 11.7 Å². The van der Waals surface area contributed by atoms with E-state index in [0.29, 0.717) is 0 Å². The Balaban J connectivity index is 2.54. The fourth-order valence-corrected chi connectivity index (χ4v) is 1.49. The predicted molar refractivity (Wildman–Crippen MR) is 36.0 cm³/mol. The average molecular weight is 142 g/mol. The van der Waals surface area contributed by atoms with Crippen LogP contribution in [0.3, 0.4) is 0 Å². The van der Waals surface area contributed by atoms with E-state index in [2.05, 4.69) is 0 Å². The Morgan fingerprint density at radius 1 is 1.50 bits per heavy atom. The molecule has 0 heterocycles. The van der Waals surface area contributed by atoms with Gasteiger partial charge in [0.2, 0.25) is 5.91 Å². The van der Waals surface area contributed by atoms with Gasteiger partial charge in [-0.25, -0.2) is 0 Å². The molecule has 10 heavy (non-hydrogen) atoms. The van der Waals surface area contributed by atoms with Crippen molar-refractivity contribution in [3.05, 3.63) is 0 Å². The number of hydrogen-bond acceptors (Lipinski definition) is 2. The van der Waals surface area contributed by atoms with Gasteiger partial charge in [-0.3, -0.25) is 9.59 Å². The first kappa shape index (κ1) is 5.89.